The molecule has 1 aromatic heterocycles. The number of carbonyl (C=O) groups is 1. The molecule has 0 aliphatic carbocycles. The standard InChI is InChI=1S/C10H15N3O2/c1-4-15-9(14)13-8-7(6-12-13)5-11-10(8,2)3/h6,11H,4-5H2,1-3H3. The largest absolute Gasteiger partial charge is 0.448 e. The molecule has 5 nitrogen and oxygen atoms in total. The van der Waals surface area contributed by atoms with Gasteiger partial charge in [0.05, 0.1) is 24.0 Å². The summed E-state index contributed by atoms with van der Waals surface area (Å²) in [5.74, 6) is 0. The van der Waals surface area contributed by atoms with E-state index in [1.165, 1.54) is 4.68 Å². The number of rotatable bonds is 1. The van der Waals surface area contributed by atoms with E-state index in [1.54, 1.807) is 13.1 Å². The van der Waals surface area contributed by atoms with Crippen molar-refractivity contribution in [1.82, 2.24) is 15.1 Å². The predicted molar refractivity (Wildman–Crippen MR) is 54.5 cm³/mol. The fourth-order valence-corrected chi connectivity index (χ4v) is 1.90. The maximum atomic E-state index is 11.6. The van der Waals surface area contributed by atoms with Gasteiger partial charge in [-0.3, -0.25) is 0 Å². The van der Waals surface area contributed by atoms with Crippen LogP contribution in [0.3, 0.4) is 0 Å². The second kappa shape index (κ2) is 3.34. The van der Waals surface area contributed by atoms with Gasteiger partial charge < -0.3 is 10.1 Å². The summed E-state index contributed by atoms with van der Waals surface area (Å²) in [5, 5.41) is 7.36. The lowest BCUT2D eigenvalue weighted by atomic mass is 10.0. The zero-order chi connectivity index (χ0) is 11.1. The Kier molecular flexibility index (Phi) is 2.26. The molecule has 1 aromatic rings. The van der Waals surface area contributed by atoms with E-state index >= 15 is 0 Å². The van der Waals surface area contributed by atoms with Crippen molar-refractivity contribution in [3.05, 3.63) is 17.5 Å². The Hall–Kier alpha value is -1.36. The smallest absolute Gasteiger partial charge is 0.434 e. The first kappa shape index (κ1) is 10.2. The summed E-state index contributed by atoms with van der Waals surface area (Å²) < 4.78 is 6.28. The minimum atomic E-state index is -0.407. The van der Waals surface area contributed by atoms with Crippen LogP contribution in [0.25, 0.3) is 0 Å². The van der Waals surface area contributed by atoms with Crippen molar-refractivity contribution < 1.29 is 9.53 Å². The number of nitrogens with one attached hydrogen (secondary N) is 1. The minimum absolute atomic E-state index is 0.224. The third-order valence-corrected chi connectivity index (χ3v) is 2.60. The number of hydrogen-bond acceptors (Lipinski definition) is 4. The molecule has 1 aliphatic heterocycles. The molecule has 5 heteroatoms. The summed E-state index contributed by atoms with van der Waals surface area (Å²) in [6, 6.07) is 0. The SMILES string of the molecule is CCOC(=O)n1ncc2c1C(C)(C)NC2. The Bertz CT molecular complexity index is 395. The average Bonchev–Trinajstić information content (AvgIpc) is 2.69. The summed E-state index contributed by atoms with van der Waals surface area (Å²) in [6.07, 6.45) is 1.31. The van der Waals surface area contributed by atoms with E-state index in [-0.39, 0.29) is 5.54 Å². The fourth-order valence-electron chi connectivity index (χ4n) is 1.90. The molecule has 0 amide bonds. The summed E-state index contributed by atoms with van der Waals surface area (Å²) in [5.41, 5.74) is 1.74. The molecule has 2 heterocycles. The topological polar surface area (TPSA) is 56.2 Å². The van der Waals surface area contributed by atoms with Gasteiger partial charge in [0.1, 0.15) is 0 Å². The van der Waals surface area contributed by atoms with Gasteiger partial charge in [0.2, 0.25) is 0 Å². The maximum Gasteiger partial charge on any atom is 0.434 e. The van der Waals surface area contributed by atoms with Gasteiger partial charge in [-0.15, -0.1) is 0 Å². The van der Waals surface area contributed by atoms with Gasteiger partial charge in [0.15, 0.2) is 0 Å². The minimum Gasteiger partial charge on any atom is -0.448 e. The molecule has 0 fully saturated rings. The van der Waals surface area contributed by atoms with Crippen LogP contribution < -0.4 is 5.32 Å². The van der Waals surface area contributed by atoms with E-state index in [0.717, 1.165) is 17.8 Å². The van der Waals surface area contributed by atoms with Crippen molar-refractivity contribution in [2.75, 3.05) is 6.61 Å². The molecule has 15 heavy (non-hydrogen) atoms. The third kappa shape index (κ3) is 1.52. The van der Waals surface area contributed by atoms with Crippen molar-refractivity contribution in [2.24, 2.45) is 0 Å². The molecule has 0 unspecified atom stereocenters. The Morgan fingerprint density at radius 1 is 1.73 bits per heavy atom. The lowest BCUT2D eigenvalue weighted by Gasteiger charge is -2.20. The Labute approximate surface area is 88.4 Å². The van der Waals surface area contributed by atoms with Gasteiger partial charge in [-0.25, -0.2) is 4.79 Å². The number of aromatic nitrogens is 2. The summed E-state index contributed by atoms with van der Waals surface area (Å²) in [4.78, 5) is 11.6. The van der Waals surface area contributed by atoms with E-state index in [1.807, 2.05) is 13.8 Å². The first-order chi connectivity index (χ1) is 7.06. The van der Waals surface area contributed by atoms with Crippen LogP contribution in [0.15, 0.2) is 6.20 Å². The molecular formula is C10H15N3O2. The summed E-state index contributed by atoms with van der Waals surface area (Å²) >= 11 is 0. The van der Waals surface area contributed by atoms with Gasteiger partial charge in [-0.1, -0.05) is 0 Å². The predicted octanol–water partition coefficient (Wildman–Crippen LogP) is 1.23. The zero-order valence-electron chi connectivity index (χ0n) is 9.20. The van der Waals surface area contributed by atoms with Crippen molar-refractivity contribution in [3.8, 4) is 0 Å². The van der Waals surface area contributed by atoms with Gasteiger partial charge in [0.25, 0.3) is 0 Å². The normalized spacial score (nSPS) is 17.5. The van der Waals surface area contributed by atoms with E-state index < -0.39 is 6.09 Å². The molecule has 0 atom stereocenters. The van der Waals surface area contributed by atoms with Crippen LogP contribution in [-0.4, -0.2) is 22.5 Å². The molecule has 82 valence electrons. The molecular weight excluding hydrogens is 194 g/mol. The Balaban J connectivity index is 2.39. The zero-order valence-corrected chi connectivity index (χ0v) is 9.20. The van der Waals surface area contributed by atoms with E-state index in [2.05, 4.69) is 10.4 Å². The Morgan fingerprint density at radius 2 is 2.47 bits per heavy atom. The fraction of sp³-hybridized carbons (Fsp3) is 0.600. The number of carbonyl (C=O) groups excluding carboxylic acids is 1. The average molecular weight is 209 g/mol. The summed E-state index contributed by atoms with van der Waals surface area (Å²) in [7, 11) is 0. The number of ether oxygens (including phenoxy) is 1. The third-order valence-electron chi connectivity index (χ3n) is 2.60. The van der Waals surface area contributed by atoms with Crippen LogP contribution in [0.4, 0.5) is 4.79 Å². The van der Waals surface area contributed by atoms with E-state index in [4.69, 9.17) is 4.74 Å². The van der Waals surface area contributed by atoms with Crippen molar-refractivity contribution in [2.45, 2.75) is 32.9 Å². The highest BCUT2D eigenvalue weighted by Crippen LogP contribution is 2.30. The highest BCUT2D eigenvalue weighted by molar-refractivity contribution is 5.71. The van der Waals surface area contributed by atoms with E-state index in [9.17, 15) is 4.79 Å². The van der Waals surface area contributed by atoms with Crippen LogP contribution in [0.5, 0.6) is 0 Å². The first-order valence-electron chi connectivity index (χ1n) is 5.06. The van der Waals surface area contributed by atoms with Gasteiger partial charge >= 0.3 is 6.09 Å². The maximum absolute atomic E-state index is 11.6. The van der Waals surface area contributed by atoms with Crippen molar-refractivity contribution in [1.29, 1.82) is 0 Å². The number of hydrogen-bond donors (Lipinski definition) is 1. The number of fused-ring (bicyclic) bond motifs is 1. The van der Waals surface area contributed by atoms with Crippen LogP contribution in [-0.2, 0) is 16.8 Å². The van der Waals surface area contributed by atoms with Crippen LogP contribution >= 0.6 is 0 Å². The molecule has 0 radical (unpaired) electrons. The van der Waals surface area contributed by atoms with E-state index in [0.29, 0.717) is 6.61 Å². The quantitative estimate of drug-likeness (QED) is 0.755. The van der Waals surface area contributed by atoms with Crippen molar-refractivity contribution >= 4 is 6.09 Å². The van der Waals surface area contributed by atoms with Gasteiger partial charge in [0, 0.05) is 12.1 Å². The summed E-state index contributed by atoms with van der Waals surface area (Å²) in [6.45, 7) is 6.94. The molecule has 0 aromatic carbocycles. The molecule has 2 rings (SSSR count). The molecule has 0 bridgehead atoms. The second-order valence-corrected chi connectivity index (χ2v) is 4.11. The molecule has 0 spiro atoms. The highest BCUT2D eigenvalue weighted by atomic mass is 16.5. The van der Waals surface area contributed by atoms with Crippen LogP contribution in [0, 0.1) is 0 Å². The molecule has 1 aliphatic rings. The Morgan fingerprint density at radius 3 is 3.13 bits per heavy atom. The molecule has 1 N–H and O–H groups in total. The van der Waals surface area contributed by atoms with Crippen LogP contribution in [0.1, 0.15) is 32.0 Å². The lowest BCUT2D eigenvalue weighted by molar-refractivity contribution is 0.148. The molecule has 0 saturated heterocycles. The van der Waals surface area contributed by atoms with Gasteiger partial charge in [-0.2, -0.15) is 9.78 Å². The van der Waals surface area contributed by atoms with Gasteiger partial charge in [-0.05, 0) is 20.8 Å². The first-order valence-corrected chi connectivity index (χ1v) is 5.06. The van der Waals surface area contributed by atoms with Crippen LogP contribution in [0.2, 0.25) is 0 Å². The monoisotopic (exact) mass is 209 g/mol. The highest BCUT2D eigenvalue weighted by Gasteiger charge is 2.35. The molecule has 0 saturated carbocycles. The number of nitrogens with zero attached hydrogens (tertiary/aromatic N) is 2. The van der Waals surface area contributed by atoms with Crippen molar-refractivity contribution in [3.63, 3.8) is 0 Å². The lowest BCUT2D eigenvalue weighted by Crippen LogP contribution is -2.34. The second-order valence-electron chi connectivity index (χ2n) is 4.11.